The third kappa shape index (κ3) is 3.21. The largest absolute Gasteiger partial charge is 0.392 e. The minimum absolute atomic E-state index is 0.0603. The number of hydrogen-bond acceptors (Lipinski definition) is 3. The lowest BCUT2D eigenvalue weighted by Crippen LogP contribution is -2.34. The predicted molar refractivity (Wildman–Crippen MR) is 67.7 cm³/mol. The lowest BCUT2D eigenvalue weighted by Gasteiger charge is -2.17. The van der Waals surface area contributed by atoms with Crippen LogP contribution in [0.2, 0.25) is 0 Å². The maximum absolute atomic E-state index is 13.1. The Morgan fingerprint density at radius 2 is 2.12 bits per heavy atom. The van der Waals surface area contributed by atoms with E-state index in [1.807, 2.05) is 0 Å². The fourth-order valence-corrected chi connectivity index (χ4v) is 2.98. The second-order valence-corrected chi connectivity index (χ2v) is 6.17. The topological polar surface area (TPSA) is 63.4 Å². The van der Waals surface area contributed by atoms with Crippen LogP contribution in [-0.2, 0) is 10.0 Å². The van der Waals surface area contributed by atoms with Crippen LogP contribution in [0.25, 0.3) is 0 Å². The van der Waals surface area contributed by atoms with Crippen LogP contribution in [0.3, 0.4) is 0 Å². The van der Waals surface area contributed by atoms with E-state index in [0.717, 1.165) is 10.4 Å². The van der Waals surface area contributed by atoms with Crippen LogP contribution in [0.15, 0.2) is 23.1 Å². The molecule has 0 aromatic heterocycles. The first-order chi connectivity index (χ1) is 7.75. The summed E-state index contributed by atoms with van der Waals surface area (Å²) in [5, 5.41) is 0. The number of halogens is 1. The SMILES string of the molecule is Cc1ccc(F)cc1S(=O)(=O)N(C)CC(N)=S. The lowest BCUT2D eigenvalue weighted by molar-refractivity contribution is 0.504. The number of sulfonamides is 1. The number of rotatable bonds is 4. The zero-order valence-corrected chi connectivity index (χ0v) is 11.1. The van der Waals surface area contributed by atoms with Crippen molar-refractivity contribution in [3.8, 4) is 0 Å². The van der Waals surface area contributed by atoms with Crippen LogP contribution in [0, 0.1) is 12.7 Å². The average Bonchev–Trinajstić information content (AvgIpc) is 2.20. The van der Waals surface area contributed by atoms with Gasteiger partial charge < -0.3 is 5.73 Å². The van der Waals surface area contributed by atoms with Crippen LogP contribution in [0.1, 0.15) is 5.56 Å². The van der Waals surface area contributed by atoms with E-state index in [0.29, 0.717) is 5.56 Å². The minimum atomic E-state index is -3.76. The van der Waals surface area contributed by atoms with Crippen molar-refractivity contribution in [3.05, 3.63) is 29.6 Å². The van der Waals surface area contributed by atoms with E-state index in [1.165, 1.54) is 19.2 Å². The monoisotopic (exact) mass is 276 g/mol. The second-order valence-electron chi connectivity index (χ2n) is 3.64. The van der Waals surface area contributed by atoms with Gasteiger partial charge in [-0.15, -0.1) is 0 Å². The number of nitrogens with zero attached hydrogens (tertiary/aromatic N) is 1. The van der Waals surface area contributed by atoms with Crippen molar-refractivity contribution in [2.45, 2.75) is 11.8 Å². The van der Waals surface area contributed by atoms with Crippen molar-refractivity contribution in [3.63, 3.8) is 0 Å². The maximum Gasteiger partial charge on any atom is 0.243 e. The Morgan fingerprint density at radius 3 is 2.65 bits per heavy atom. The van der Waals surface area contributed by atoms with Crippen molar-refractivity contribution in [1.29, 1.82) is 0 Å². The second kappa shape index (κ2) is 5.07. The minimum Gasteiger partial charge on any atom is -0.392 e. The molecule has 0 bridgehead atoms. The molecule has 0 spiro atoms. The van der Waals surface area contributed by atoms with Gasteiger partial charge in [0, 0.05) is 7.05 Å². The van der Waals surface area contributed by atoms with E-state index in [4.69, 9.17) is 5.73 Å². The molecule has 1 aromatic rings. The fourth-order valence-electron chi connectivity index (χ4n) is 1.32. The van der Waals surface area contributed by atoms with Gasteiger partial charge in [-0.1, -0.05) is 18.3 Å². The van der Waals surface area contributed by atoms with Gasteiger partial charge in [-0.3, -0.25) is 0 Å². The highest BCUT2D eigenvalue weighted by Gasteiger charge is 2.23. The van der Waals surface area contributed by atoms with Crippen molar-refractivity contribution in [1.82, 2.24) is 4.31 Å². The molecule has 0 radical (unpaired) electrons. The Morgan fingerprint density at radius 1 is 1.53 bits per heavy atom. The summed E-state index contributed by atoms with van der Waals surface area (Å²) in [6.07, 6.45) is 0. The third-order valence-corrected chi connectivity index (χ3v) is 4.29. The summed E-state index contributed by atoms with van der Waals surface area (Å²) < 4.78 is 38.2. The highest BCUT2D eigenvalue weighted by molar-refractivity contribution is 7.89. The Bertz CT molecular complexity index is 543. The number of thiocarbonyl (C=S) groups is 1. The van der Waals surface area contributed by atoms with E-state index in [2.05, 4.69) is 12.2 Å². The van der Waals surface area contributed by atoms with Crippen LogP contribution in [-0.4, -0.2) is 31.3 Å². The molecule has 0 aliphatic heterocycles. The highest BCUT2D eigenvalue weighted by atomic mass is 32.2. The zero-order chi connectivity index (χ0) is 13.2. The summed E-state index contributed by atoms with van der Waals surface area (Å²) in [5.74, 6) is -0.599. The van der Waals surface area contributed by atoms with E-state index in [9.17, 15) is 12.8 Å². The van der Waals surface area contributed by atoms with E-state index < -0.39 is 15.8 Å². The third-order valence-electron chi connectivity index (χ3n) is 2.22. The first-order valence-corrected chi connectivity index (χ1v) is 6.61. The summed E-state index contributed by atoms with van der Waals surface area (Å²) in [4.78, 5) is -0.0126. The quantitative estimate of drug-likeness (QED) is 0.835. The molecule has 17 heavy (non-hydrogen) atoms. The van der Waals surface area contributed by atoms with Gasteiger partial charge in [0.1, 0.15) is 5.82 Å². The Labute approximate surface area is 105 Å². The van der Waals surface area contributed by atoms with Crippen molar-refractivity contribution >= 4 is 27.2 Å². The van der Waals surface area contributed by atoms with Crippen LogP contribution in [0.5, 0.6) is 0 Å². The molecule has 0 aliphatic rings. The normalized spacial score (nSPS) is 11.8. The Balaban J connectivity index is 3.21. The molecule has 1 rings (SSSR count). The summed E-state index contributed by atoms with van der Waals surface area (Å²) in [6.45, 7) is 1.52. The molecule has 0 amide bonds. The van der Waals surface area contributed by atoms with Gasteiger partial charge in [0.2, 0.25) is 10.0 Å². The van der Waals surface area contributed by atoms with Crippen LogP contribution < -0.4 is 5.73 Å². The molecule has 0 saturated carbocycles. The Hall–Kier alpha value is -1.05. The molecule has 1 aromatic carbocycles. The molecule has 0 unspecified atom stereocenters. The van der Waals surface area contributed by atoms with Crippen LogP contribution >= 0.6 is 12.2 Å². The molecule has 4 nitrogen and oxygen atoms in total. The van der Waals surface area contributed by atoms with Crippen molar-refractivity contribution in [2.75, 3.05) is 13.6 Å². The average molecular weight is 276 g/mol. The number of hydrogen-bond donors (Lipinski definition) is 1. The number of aryl methyl sites for hydroxylation is 1. The first-order valence-electron chi connectivity index (χ1n) is 4.76. The summed E-state index contributed by atoms with van der Waals surface area (Å²) in [5.41, 5.74) is 5.76. The van der Waals surface area contributed by atoms with Gasteiger partial charge in [0.25, 0.3) is 0 Å². The predicted octanol–water partition coefficient (Wildman–Crippen LogP) is 1.04. The van der Waals surface area contributed by atoms with Crippen molar-refractivity contribution < 1.29 is 12.8 Å². The molecule has 0 saturated heterocycles. The first kappa shape index (κ1) is 14.0. The fraction of sp³-hybridized carbons (Fsp3) is 0.300. The van der Waals surface area contributed by atoms with Gasteiger partial charge in [0.15, 0.2) is 0 Å². The molecule has 0 heterocycles. The number of nitrogens with two attached hydrogens (primary N) is 1. The van der Waals surface area contributed by atoms with Gasteiger partial charge in [0.05, 0.1) is 16.4 Å². The molecule has 94 valence electrons. The molecule has 7 heteroatoms. The smallest absolute Gasteiger partial charge is 0.243 e. The van der Waals surface area contributed by atoms with Crippen molar-refractivity contribution in [2.24, 2.45) is 5.73 Å². The van der Waals surface area contributed by atoms with Gasteiger partial charge in [-0.05, 0) is 24.6 Å². The van der Waals surface area contributed by atoms with Gasteiger partial charge in [-0.2, -0.15) is 4.31 Å². The molecule has 2 N–H and O–H groups in total. The van der Waals surface area contributed by atoms with Crippen LogP contribution in [0.4, 0.5) is 4.39 Å². The Kier molecular flexibility index (Phi) is 4.18. The lowest BCUT2D eigenvalue weighted by atomic mass is 10.2. The highest BCUT2D eigenvalue weighted by Crippen LogP contribution is 2.19. The van der Waals surface area contributed by atoms with E-state index in [1.54, 1.807) is 6.92 Å². The van der Waals surface area contributed by atoms with Gasteiger partial charge >= 0.3 is 0 Å². The van der Waals surface area contributed by atoms with Gasteiger partial charge in [-0.25, -0.2) is 12.8 Å². The molecule has 0 aliphatic carbocycles. The van der Waals surface area contributed by atoms with E-state index >= 15 is 0 Å². The zero-order valence-electron chi connectivity index (χ0n) is 9.47. The standard InChI is InChI=1S/C10H13FN2O2S2/c1-7-3-4-8(11)5-9(7)17(14,15)13(2)6-10(12)16/h3-5H,6H2,1-2H3,(H2,12,16). The molecular formula is C10H13FN2O2S2. The van der Waals surface area contributed by atoms with E-state index in [-0.39, 0.29) is 16.4 Å². The number of benzene rings is 1. The number of likely N-dealkylation sites (N-methyl/N-ethyl adjacent to an activating group) is 1. The summed E-state index contributed by atoms with van der Waals surface area (Å²) in [6, 6.07) is 3.61. The molecular weight excluding hydrogens is 263 g/mol. The summed E-state index contributed by atoms with van der Waals surface area (Å²) >= 11 is 4.65. The molecule has 0 fully saturated rings. The maximum atomic E-state index is 13.1. The summed E-state index contributed by atoms with van der Waals surface area (Å²) in [7, 11) is -2.42. The molecule has 0 atom stereocenters.